The minimum absolute atomic E-state index is 0.159. The van der Waals surface area contributed by atoms with Gasteiger partial charge in [-0.3, -0.25) is 5.22 Å². The summed E-state index contributed by atoms with van der Waals surface area (Å²) < 4.78 is 5.19. The van der Waals surface area contributed by atoms with E-state index in [9.17, 15) is 0 Å². The average molecular weight is 240 g/mol. The molecule has 0 fully saturated rings. The third-order valence-corrected chi connectivity index (χ3v) is 2.85. The maximum absolute atomic E-state index is 8.09. The fourth-order valence-corrected chi connectivity index (χ4v) is 1.77. The Morgan fingerprint density at radius 1 is 1.12 bits per heavy atom. The molecule has 0 saturated heterocycles. The molecule has 0 aliphatic rings. The first-order valence-corrected chi connectivity index (χ1v) is 6.60. The Hall–Kier alpha value is -0.930. The molecule has 0 radical (unpaired) electrons. The van der Waals surface area contributed by atoms with Crippen molar-refractivity contribution >= 4 is 6.40 Å². The van der Waals surface area contributed by atoms with Crippen LogP contribution in [0.3, 0.4) is 0 Å². The lowest BCUT2D eigenvalue weighted by Gasteiger charge is -2.23. The van der Waals surface area contributed by atoms with Crippen LogP contribution in [0.1, 0.15) is 65.7 Å². The Balaban J connectivity index is 3.49. The maximum atomic E-state index is 8.09. The van der Waals surface area contributed by atoms with Crippen LogP contribution in [0.15, 0.2) is 10.3 Å². The van der Waals surface area contributed by atoms with Gasteiger partial charge in [-0.25, -0.2) is 0 Å². The number of nitrogens with zero attached hydrogens (tertiary/aromatic N) is 3. The van der Waals surface area contributed by atoms with E-state index in [0.29, 0.717) is 6.61 Å². The first kappa shape index (κ1) is 16.1. The number of rotatable bonds is 11. The van der Waals surface area contributed by atoms with Crippen LogP contribution in [0, 0.1) is 5.41 Å². The third-order valence-electron chi connectivity index (χ3n) is 2.85. The molecule has 0 spiro atoms. The van der Waals surface area contributed by atoms with Gasteiger partial charge in [0.1, 0.15) is 0 Å². The minimum atomic E-state index is 0.159. The zero-order valence-electron chi connectivity index (χ0n) is 11.5. The van der Waals surface area contributed by atoms with Crippen molar-refractivity contribution in [2.75, 3.05) is 6.61 Å². The molecule has 0 aromatic rings. The molecular weight excluding hydrogens is 214 g/mol. The van der Waals surface area contributed by atoms with E-state index in [-0.39, 0.29) is 5.41 Å². The van der Waals surface area contributed by atoms with Crippen molar-refractivity contribution < 1.29 is 4.74 Å². The second kappa shape index (κ2) is 10.2. The topological polar surface area (TPSA) is 56.2 Å². The van der Waals surface area contributed by atoms with Gasteiger partial charge in [-0.2, -0.15) is 0 Å². The van der Waals surface area contributed by atoms with Crippen LogP contribution in [-0.2, 0) is 4.74 Å². The Labute approximate surface area is 105 Å². The zero-order chi connectivity index (χ0) is 13.0. The van der Waals surface area contributed by atoms with Crippen molar-refractivity contribution in [1.82, 2.24) is 0 Å². The fraction of sp³-hybridized carbons (Fsp3) is 0.923. The maximum Gasteiger partial charge on any atom is 0.0919 e. The van der Waals surface area contributed by atoms with Gasteiger partial charge in [0, 0.05) is 0 Å². The number of ether oxygens (including phenoxy) is 1. The smallest absolute Gasteiger partial charge is 0.0919 e. The number of hydrogen-bond donors (Lipinski definition) is 0. The van der Waals surface area contributed by atoms with Gasteiger partial charge in [0.25, 0.3) is 0 Å². The molecule has 0 atom stereocenters. The summed E-state index contributed by atoms with van der Waals surface area (Å²) in [5.74, 6) is 0. The SMILES string of the molecule is CCCCCCCCC(C)(C)CO/C=N/N=[N-]. The molecule has 0 unspecified atom stereocenters. The summed E-state index contributed by atoms with van der Waals surface area (Å²) in [7, 11) is 0. The van der Waals surface area contributed by atoms with Gasteiger partial charge in [-0.05, 0) is 11.8 Å². The van der Waals surface area contributed by atoms with Gasteiger partial charge >= 0.3 is 0 Å². The molecule has 0 N–H and O–H groups in total. The van der Waals surface area contributed by atoms with Crippen LogP contribution in [0.25, 0.3) is 5.53 Å². The minimum Gasteiger partial charge on any atom is -0.503 e. The summed E-state index contributed by atoms with van der Waals surface area (Å²) in [5, 5.41) is 5.84. The van der Waals surface area contributed by atoms with Crippen molar-refractivity contribution in [2.24, 2.45) is 15.7 Å². The van der Waals surface area contributed by atoms with Gasteiger partial charge in [0.2, 0.25) is 0 Å². The molecule has 17 heavy (non-hydrogen) atoms. The van der Waals surface area contributed by atoms with Crippen molar-refractivity contribution in [1.29, 1.82) is 0 Å². The quantitative estimate of drug-likeness (QED) is 0.169. The molecule has 0 aliphatic heterocycles. The highest BCUT2D eigenvalue weighted by atomic mass is 16.5. The molecule has 0 amide bonds. The summed E-state index contributed by atoms with van der Waals surface area (Å²) in [5.41, 5.74) is 8.25. The van der Waals surface area contributed by atoms with Crippen molar-refractivity contribution in [2.45, 2.75) is 65.7 Å². The Morgan fingerprint density at radius 2 is 1.76 bits per heavy atom. The second-order valence-corrected chi connectivity index (χ2v) is 5.30. The predicted octanol–water partition coefficient (Wildman–Crippen LogP) is 4.74. The van der Waals surface area contributed by atoms with E-state index >= 15 is 0 Å². The molecule has 0 aliphatic carbocycles. The molecule has 4 nitrogen and oxygen atoms in total. The molecule has 0 aromatic heterocycles. The van der Waals surface area contributed by atoms with Gasteiger partial charge in [0.05, 0.1) is 13.0 Å². The first-order chi connectivity index (χ1) is 8.12. The largest absolute Gasteiger partial charge is 0.503 e. The predicted molar refractivity (Wildman–Crippen MR) is 72.0 cm³/mol. The zero-order valence-corrected chi connectivity index (χ0v) is 11.5. The second-order valence-electron chi connectivity index (χ2n) is 5.30. The normalized spacial score (nSPS) is 11.9. The van der Waals surface area contributed by atoms with E-state index in [1.165, 1.54) is 44.9 Å². The molecule has 0 saturated carbocycles. The van der Waals surface area contributed by atoms with Crippen LogP contribution in [0.2, 0.25) is 0 Å². The highest BCUT2D eigenvalue weighted by molar-refractivity contribution is 5.45. The number of hydrogen-bond acceptors (Lipinski definition) is 2. The third kappa shape index (κ3) is 11.3. The lowest BCUT2D eigenvalue weighted by Crippen LogP contribution is -2.18. The molecule has 0 heterocycles. The Bertz CT molecular complexity index is 215. The molecular formula is C13H26N3O-. The van der Waals surface area contributed by atoms with Crippen LogP contribution < -0.4 is 0 Å². The van der Waals surface area contributed by atoms with Gasteiger partial charge in [-0.15, -0.1) is 0 Å². The fourth-order valence-electron chi connectivity index (χ4n) is 1.77. The van der Waals surface area contributed by atoms with Crippen LogP contribution in [-0.4, -0.2) is 13.0 Å². The average Bonchev–Trinajstić information content (AvgIpc) is 2.29. The Morgan fingerprint density at radius 3 is 2.41 bits per heavy atom. The molecule has 100 valence electrons. The standard InChI is InChI=1S/C13H26N3O/c1-4-5-6-7-8-9-10-13(2,3)11-17-12-15-16-14/h12H,4-11H2,1-3H3/q-1/b15-12+. The molecule has 4 heteroatoms. The summed E-state index contributed by atoms with van der Waals surface area (Å²) in [6.45, 7) is 7.22. The van der Waals surface area contributed by atoms with Crippen molar-refractivity contribution in [3.05, 3.63) is 5.53 Å². The van der Waals surface area contributed by atoms with Crippen LogP contribution in [0.4, 0.5) is 0 Å². The monoisotopic (exact) mass is 240 g/mol. The van der Waals surface area contributed by atoms with Gasteiger partial charge < -0.3 is 15.4 Å². The Kier molecular flexibility index (Phi) is 9.68. The lowest BCUT2D eigenvalue weighted by molar-refractivity contribution is 0.163. The molecule has 0 bridgehead atoms. The summed E-state index contributed by atoms with van der Waals surface area (Å²) in [4.78, 5) is 0. The summed E-state index contributed by atoms with van der Waals surface area (Å²) in [6.07, 6.45) is 10.3. The van der Waals surface area contributed by atoms with E-state index in [0.717, 1.165) is 6.42 Å². The van der Waals surface area contributed by atoms with E-state index < -0.39 is 0 Å². The summed E-state index contributed by atoms with van der Waals surface area (Å²) in [6, 6.07) is 0. The lowest BCUT2D eigenvalue weighted by atomic mass is 9.88. The summed E-state index contributed by atoms with van der Waals surface area (Å²) >= 11 is 0. The molecule has 0 aromatic carbocycles. The molecule has 0 rings (SSSR count). The highest BCUT2D eigenvalue weighted by Crippen LogP contribution is 2.24. The van der Waals surface area contributed by atoms with Crippen LogP contribution >= 0.6 is 0 Å². The van der Waals surface area contributed by atoms with Crippen molar-refractivity contribution in [3.8, 4) is 0 Å². The first-order valence-electron chi connectivity index (χ1n) is 6.60. The van der Waals surface area contributed by atoms with E-state index in [4.69, 9.17) is 10.3 Å². The van der Waals surface area contributed by atoms with E-state index in [1.807, 2.05) is 0 Å². The van der Waals surface area contributed by atoms with Crippen LogP contribution in [0.5, 0.6) is 0 Å². The highest BCUT2D eigenvalue weighted by Gasteiger charge is 2.17. The van der Waals surface area contributed by atoms with E-state index in [2.05, 4.69) is 31.1 Å². The van der Waals surface area contributed by atoms with Gasteiger partial charge in [0.15, 0.2) is 0 Å². The van der Waals surface area contributed by atoms with Gasteiger partial charge in [-0.1, -0.05) is 59.3 Å². The number of unbranched alkanes of at least 4 members (excludes halogenated alkanes) is 5. The van der Waals surface area contributed by atoms with Crippen molar-refractivity contribution in [3.63, 3.8) is 0 Å². The van der Waals surface area contributed by atoms with E-state index in [1.54, 1.807) is 0 Å².